The van der Waals surface area contributed by atoms with Crippen molar-refractivity contribution in [2.24, 2.45) is 0 Å². The highest BCUT2D eigenvalue weighted by molar-refractivity contribution is 6.44. The minimum absolute atomic E-state index is 0.154. The molecule has 0 aromatic heterocycles. The minimum atomic E-state index is -0.154. The number of benzene rings is 2. The highest BCUT2D eigenvalue weighted by atomic mass is 35.5. The number of amides is 1. The summed E-state index contributed by atoms with van der Waals surface area (Å²) in [7, 11) is 1.61. The second-order valence-electron chi connectivity index (χ2n) is 5.87. The summed E-state index contributed by atoms with van der Waals surface area (Å²) >= 11 is 12.1. The molecular formula is C20H24Cl2N2O3. The Kier molecular flexibility index (Phi) is 8.23. The fourth-order valence-corrected chi connectivity index (χ4v) is 2.96. The first kappa shape index (κ1) is 21.4. The summed E-state index contributed by atoms with van der Waals surface area (Å²) in [4.78, 5) is 14.4. The van der Waals surface area contributed by atoms with Crippen molar-refractivity contribution in [1.29, 1.82) is 0 Å². The topological polar surface area (TPSA) is 50.8 Å². The molecule has 146 valence electrons. The molecule has 0 heterocycles. The van der Waals surface area contributed by atoms with E-state index in [4.69, 9.17) is 32.7 Å². The van der Waals surface area contributed by atoms with E-state index in [1.165, 1.54) is 0 Å². The average Bonchev–Trinajstić information content (AvgIpc) is 2.66. The number of hydrogen-bond donors (Lipinski definition) is 1. The van der Waals surface area contributed by atoms with Gasteiger partial charge in [0.15, 0.2) is 11.5 Å². The number of halogens is 2. The SMILES string of the molecule is CCOc1ccc(CN(CC)CC(=O)Nc2cccc(Cl)c2Cl)cc1OC. The van der Waals surface area contributed by atoms with Crippen LogP contribution in [0, 0.1) is 0 Å². The highest BCUT2D eigenvalue weighted by Gasteiger charge is 2.14. The molecule has 0 saturated carbocycles. The second kappa shape index (κ2) is 10.4. The number of carbonyl (C=O) groups excluding carboxylic acids is 1. The number of carbonyl (C=O) groups is 1. The van der Waals surface area contributed by atoms with Gasteiger partial charge in [-0.2, -0.15) is 0 Å². The van der Waals surface area contributed by atoms with Crippen molar-refractivity contribution >= 4 is 34.8 Å². The molecule has 0 aliphatic carbocycles. The highest BCUT2D eigenvalue weighted by Crippen LogP contribution is 2.30. The Morgan fingerprint density at radius 1 is 1.15 bits per heavy atom. The number of nitrogens with zero attached hydrogens (tertiary/aromatic N) is 1. The van der Waals surface area contributed by atoms with Crippen molar-refractivity contribution in [3.8, 4) is 11.5 Å². The van der Waals surface area contributed by atoms with Crippen LogP contribution in [0.4, 0.5) is 5.69 Å². The lowest BCUT2D eigenvalue weighted by atomic mass is 10.2. The molecule has 27 heavy (non-hydrogen) atoms. The summed E-state index contributed by atoms with van der Waals surface area (Å²) in [6.07, 6.45) is 0. The molecule has 0 bridgehead atoms. The molecule has 2 rings (SSSR count). The lowest BCUT2D eigenvalue weighted by Crippen LogP contribution is -2.32. The van der Waals surface area contributed by atoms with E-state index in [0.29, 0.717) is 46.9 Å². The van der Waals surface area contributed by atoms with Crippen LogP contribution < -0.4 is 14.8 Å². The van der Waals surface area contributed by atoms with Gasteiger partial charge in [-0.1, -0.05) is 42.3 Å². The maximum atomic E-state index is 12.4. The first-order valence-corrected chi connectivity index (χ1v) is 9.50. The Labute approximate surface area is 170 Å². The van der Waals surface area contributed by atoms with E-state index in [-0.39, 0.29) is 12.5 Å². The lowest BCUT2D eigenvalue weighted by molar-refractivity contribution is -0.117. The van der Waals surface area contributed by atoms with Gasteiger partial charge in [0, 0.05) is 6.54 Å². The Morgan fingerprint density at radius 2 is 1.93 bits per heavy atom. The fourth-order valence-electron chi connectivity index (χ4n) is 2.62. The van der Waals surface area contributed by atoms with Gasteiger partial charge in [-0.05, 0) is 43.3 Å². The number of hydrogen-bond acceptors (Lipinski definition) is 4. The Balaban J connectivity index is 2.02. The lowest BCUT2D eigenvalue weighted by Gasteiger charge is -2.21. The van der Waals surface area contributed by atoms with Crippen molar-refractivity contribution in [2.45, 2.75) is 20.4 Å². The van der Waals surface area contributed by atoms with Crippen LogP contribution >= 0.6 is 23.2 Å². The zero-order valence-corrected chi connectivity index (χ0v) is 17.2. The van der Waals surface area contributed by atoms with Crippen molar-refractivity contribution in [3.63, 3.8) is 0 Å². The van der Waals surface area contributed by atoms with Crippen LogP contribution in [-0.2, 0) is 11.3 Å². The third-order valence-electron chi connectivity index (χ3n) is 3.97. The molecule has 0 saturated heterocycles. The van der Waals surface area contributed by atoms with Gasteiger partial charge in [0.25, 0.3) is 0 Å². The number of ether oxygens (including phenoxy) is 2. The van der Waals surface area contributed by atoms with E-state index < -0.39 is 0 Å². The predicted octanol–water partition coefficient (Wildman–Crippen LogP) is 4.86. The van der Waals surface area contributed by atoms with Gasteiger partial charge >= 0.3 is 0 Å². The Bertz CT molecular complexity index is 784. The van der Waals surface area contributed by atoms with Crippen molar-refractivity contribution < 1.29 is 14.3 Å². The number of rotatable bonds is 9. The van der Waals surface area contributed by atoms with Gasteiger partial charge in [-0.25, -0.2) is 0 Å². The molecule has 5 nitrogen and oxygen atoms in total. The second-order valence-corrected chi connectivity index (χ2v) is 6.66. The van der Waals surface area contributed by atoms with Crippen LogP contribution in [0.25, 0.3) is 0 Å². The number of nitrogens with one attached hydrogen (secondary N) is 1. The van der Waals surface area contributed by atoms with Crippen molar-refractivity contribution in [1.82, 2.24) is 4.90 Å². The molecule has 7 heteroatoms. The van der Waals surface area contributed by atoms with Gasteiger partial charge in [-0.3, -0.25) is 9.69 Å². The van der Waals surface area contributed by atoms with Crippen LogP contribution in [0.5, 0.6) is 11.5 Å². The Morgan fingerprint density at radius 3 is 2.59 bits per heavy atom. The quantitative estimate of drug-likeness (QED) is 0.640. The Hall–Kier alpha value is -1.95. The molecule has 1 amide bonds. The van der Waals surface area contributed by atoms with Crippen LogP contribution in [-0.4, -0.2) is 37.6 Å². The first-order valence-electron chi connectivity index (χ1n) is 8.74. The summed E-state index contributed by atoms with van der Waals surface area (Å²) in [6.45, 7) is 6.06. The molecule has 2 aromatic rings. The van der Waals surface area contributed by atoms with Crippen LogP contribution in [0.2, 0.25) is 10.0 Å². The third-order valence-corrected chi connectivity index (χ3v) is 4.79. The maximum Gasteiger partial charge on any atom is 0.238 e. The first-order chi connectivity index (χ1) is 13.0. The molecule has 0 radical (unpaired) electrons. The summed E-state index contributed by atoms with van der Waals surface area (Å²) in [5, 5.41) is 3.55. The molecule has 0 aliphatic heterocycles. The average molecular weight is 411 g/mol. The van der Waals surface area contributed by atoms with Crippen LogP contribution in [0.15, 0.2) is 36.4 Å². The van der Waals surface area contributed by atoms with E-state index in [1.807, 2.05) is 36.9 Å². The zero-order valence-electron chi connectivity index (χ0n) is 15.7. The molecule has 0 atom stereocenters. The zero-order chi connectivity index (χ0) is 19.8. The van der Waals surface area contributed by atoms with Gasteiger partial charge in [0.1, 0.15) is 0 Å². The predicted molar refractivity (Wildman–Crippen MR) is 110 cm³/mol. The van der Waals surface area contributed by atoms with E-state index in [0.717, 1.165) is 5.56 Å². The summed E-state index contributed by atoms with van der Waals surface area (Å²) in [6, 6.07) is 10.9. The standard InChI is InChI=1S/C20H24Cl2N2O3/c1-4-24(12-14-9-10-17(27-5-2)18(11-14)26-3)13-19(25)23-16-8-6-7-15(21)20(16)22/h6-11H,4-5,12-13H2,1-3H3,(H,23,25). The summed E-state index contributed by atoms with van der Waals surface area (Å²) in [5.74, 6) is 1.24. The van der Waals surface area contributed by atoms with E-state index in [1.54, 1.807) is 25.3 Å². The van der Waals surface area contributed by atoms with E-state index >= 15 is 0 Å². The maximum absolute atomic E-state index is 12.4. The number of methoxy groups -OCH3 is 1. The summed E-state index contributed by atoms with van der Waals surface area (Å²) < 4.78 is 10.9. The molecule has 0 spiro atoms. The molecule has 0 aliphatic rings. The van der Waals surface area contributed by atoms with Crippen LogP contribution in [0.3, 0.4) is 0 Å². The minimum Gasteiger partial charge on any atom is -0.493 e. The molecule has 2 aromatic carbocycles. The normalized spacial score (nSPS) is 10.7. The molecule has 1 N–H and O–H groups in total. The molecule has 0 fully saturated rings. The monoisotopic (exact) mass is 410 g/mol. The van der Waals surface area contributed by atoms with Gasteiger partial charge in [0.05, 0.1) is 36.0 Å². The molecular weight excluding hydrogens is 387 g/mol. The van der Waals surface area contributed by atoms with E-state index in [9.17, 15) is 4.79 Å². The largest absolute Gasteiger partial charge is 0.493 e. The third kappa shape index (κ3) is 6.03. The molecule has 0 unspecified atom stereocenters. The van der Waals surface area contributed by atoms with Gasteiger partial charge < -0.3 is 14.8 Å². The summed E-state index contributed by atoms with van der Waals surface area (Å²) in [5.41, 5.74) is 1.54. The fraction of sp³-hybridized carbons (Fsp3) is 0.350. The van der Waals surface area contributed by atoms with Crippen molar-refractivity contribution in [2.75, 3.05) is 32.1 Å². The van der Waals surface area contributed by atoms with Crippen LogP contribution in [0.1, 0.15) is 19.4 Å². The van der Waals surface area contributed by atoms with Gasteiger partial charge in [0.2, 0.25) is 5.91 Å². The smallest absolute Gasteiger partial charge is 0.238 e. The number of anilines is 1. The van der Waals surface area contributed by atoms with Gasteiger partial charge in [-0.15, -0.1) is 0 Å². The van der Waals surface area contributed by atoms with E-state index in [2.05, 4.69) is 5.32 Å². The number of likely N-dealkylation sites (N-methyl/N-ethyl adjacent to an activating group) is 1. The van der Waals surface area contributed by atoms with Crippen molar-refractivity contribution in [3.05, 3.63) is 52.0 Å².